The van der Waals surface area contributed by atoms with E-state index in [0.717, 1.165) is 45.1 Å². The Kier molecular flexibility index (Phi) is 4.20. The smallest absolute Gasteiger partial charge is 0.255 e. The molecule has 2 bridgehead atoms. The van der Waals surface area contributed by atoms with Crippen molar-refractivity contribution in [2.24, 2.45) is 5.92 Å². The molecular weight excluding hydrogens is 341 g/mol. The Labute approximate surface area is 159 Å². The van der Waals surface area contributed by atoms with E-state index in [4.69, 9.17) is 0 Å². The van der Waals surface area contributed by atoms with Crippen LogP contribution >= 0.6 is 0 Å². The van der Waals surface area contributed by atoms with Gasteiger partial charge in [0.05, 0.1) is 11.8 Å². The molecule has 0 radical (unpaired) electrons. The molecule has 0 spiro atoms. The molecule has 4 heterocycles. The molecule has 6 rings (SSSR count). The number of aromatic nitrogens is 1. The summed E-state index contributed by atoms with van der Waals surface area (Å²) in [5.41, 5.74) is 3.30. The fourth-order valence-electron chi connectivity index (χ4n) is 5.15. The van der Waals surface area contributed by atoms with Gasteiger partial charge < -0.3 is 4.90 Å². The van der Waals surface area contributed by atoms with Crippen LogP contribution in [0.15, 0.2) is 42.7 Å². The van der Waals surface area contributed by atoms with Crippen molar-refractivity contribution in [1.29, 1.82) is 0 Å². The molecule has 4 nitrogen and oxygen atoms in total. The van der Waals surface area contributed by atoms with Gasteiger partial charge in [0.25, 0.3) is 5.91 Å². The van der Waals surface area contributed by atoms with Crippen LogP contribution in [0.5, 0.6) is 0 Å². The van der Waals surface area contributed by atoms with Crippen LogP contribution in [0, 0.1) is 11.7 Å². The fourth-order valence-corrected chi connectivity index (χ4v) is 5.15. The van der Waals surface area contributed by atoms with E-state index in [1.165, 1.54) is 29.8 Å². The number of halogens is 1. The molecule has 0 N–H and O–H groups in total. The van der Waals surface area contributed by atoms with E-state index >= 15 is 0 Å². The molecule has 3 saturated heterocycles. The average molecular weight is 365 g/mol. The third-order valence-corrected chi connectivity index (χ3v) is 6.50. The third kappa shape index (κ3) is 3.14. The van der Waals surface area contributed by atoms with Crippen LogP contribution in [0.4, 0.5) is 4.39 Å². The molecule has 4 aliphatic rings. The number of nitrogens with zero attached hydrogens (tertiary/aromatic N) is 3. The maximum atomic E-state index is 13.5. The number of carbonyl (C=O) groups excluding carboxylic acids is 1. The summed E-state index contributed by atoms with van der Waals surface area (Å²) in [6.07, 6.45) is 7.05. The quantitative estimate of drug-likeness (QED) is 0.821. The number of benzene rings is 1. The minimum atomic E-state index is -0.453. The second-order valence-corrected chi connectivity index (χ2v) is 8.23. The van der Waals surface area contributed by atoms with Gasteiger partial charge in [0, 0.05) is 37.9 Å². The summed E-state index contributed by atoms with van der Waals surface area (Å²) in [4.78, 5) is 21.4. The summed E-state index contributed by atoms with van der Waals surface area (Å²) in [5.74, 6) is -0.0302. The van der Waals surface area contributed by atoms with Crippen molar-refractivity contribution in [2.75, 3.05) is 19.6 Å². The zero-order valence-electron chi connectivity index (χ0n) is 15.4. The van der Waals surface area contributed by atoms with Crippen molar-refractivity contribution in [3.63, 3.8) is 0 Å². The van der Waals surface area contributed by atoms with E-state index in [1.807, 2.05) is 4.90 Å². The van der Waals surface area contributed by atoms with Gasteiger partial charge in [-0.15, -0.1) is 0 Å². The molecule has 0 saturated carbocycles. The Balaban J connectivity index is 1.34. The van der Waals surface area contributed by atoms with Gasteiger partial charge in [-0.1, -0.05) is 24.3 Å². The summed E-state index contributed by atoms with van der Waals surface area (Å²) < 4.78 is 13.5. The van der Waals surface area contributed by atoms with Crippen LogP contribution in [0.1, 0.15) is 34.3 Å². The molecule has 3 fully saturated rings. The predicted molar refractivity (Wildman–Crippen MR) is 101 cm³/mol. The van der Waals surface area contributed by atoms with Gasteiger partial charge in [-0.05, 0) is 48.8 Å². The SMILES string of the molecule is O=C(c1cncc(F)c1)N1C[C@H]2CC[C@@H]1CN(C1Cc3ccccc3C1)C2. The van der Waals surface area contributed by atoms with Crippen molar-refractivity contribution < 1.29 is 9.18 Å². The summed E-state index contributed by atoms with van der Waals surface area (Å²) in [6.45, 7) is 2.75. The Hall–Kier alpha value is -2.27. The number of fused-ring (bicyclic) bond motifs is 5. The highest BCUT2D eigenvalue weighted by atomic mass is 19.1. The molecule has 1 aromatic heterocycles. The third-order valence-electron chi connectivity index (χ3n) is 6.50. The molecular formula is C22H24FN3O. The van der Waals surface area contributed by atoms with E-state index in [-0.39, 0.29) is 11.9 Å². The summed E-state index contributed by atoms with van der Waals surface area (Å²) in [5, 5.41) is 0. The zero-order chi connectivity index (χ0) is 18.4. The number of hydrogen-bond donors (Lipinski definition) is 0. The Bertz CT molecular complexity index is 845. The number of rotatable bonds is 2. The average Bonchev–Trinajstić information content (AvgIpc) is 2.90. The number of hydrogen-bond acceptors (Lipinski definition) is 3. The minimum absolute atomic E-state index is 0.0757. The molecule has 1 amide bonds. The van der Waals surface area contributed by atoms with E-state index < -0.39 is 5.82 Å². The van der Waals surface area contributed by atoms with Crippen LogP contribution in [0.3, 0.4) is 0 Å². The summed E-state index contributed by atoms with van der Waals surface area (Å²) in [6, 6.07) is 10.8. The van der Waals surface area contributed by atoms with E-state index in [1.54, 1.807) is 0 Å². The Morgan fingerprint density at radius 3 is 2.52 bits per heavy atom. The standard InChI is InChI=1S/C22H24FN3O/c23-19-7-18(10-24-11-19)22(27)26-13-15-5-6-20(26)14-25(12-15)21-8-16-3-1-2-4-17(16)9-21/h1-4,7,10-11,15,20-21H,5-6,8-9,12-14H2/t15-,20+/m0/s1. The maximum absolute atomic E-state index is 13.5. The highest BCUT2D eigenvalue weighted by molar-refractivity contribution is 5.94. The van der Waals surface area contributed by atoms with Crippen LogP contribution in [-0.2, 0) is 12.8 Å². The normalized spacial score (nSPS) is 25.4. The molecule has 2 atom stereocenters. The largest absolute Gasteiger partial charge is 0.334 e. The molecule has 2 aromatic rings. The second-order valence-electron chi connectivity index (χ2n) is 8.23. The highest BCUT2D eigenvalue weighted by Crippen LogP contribution is 2.33. The Morgan fingerprint density at radius 1 is 1.00 bits per heavy atom. The number of carbonyl (C=O) groups is 1. The lowest BCUT2D eigenvalue weighted by Crippen LogP contribution is -2.48. The zero-order valence-corrected chi connectivity index (χ0v) is 15.4. The lowest BCUT2D eigenvalue weighted by atomic mass is 9.94. The number of pyridine rings is 1. The van der Waals surface area contributed by atoms with E-state index in [2.05, 4.69) is 34.1 Å². The van der Waals surface area contributed by atoms with Crippen LogP contribution in [0.25, 0.3) is 0 Å². The fraction of sp³-hybridized carbons (Fsp3) is 0.455. The van der Waals surface area contributed by atoms with Crippen molar-refractivity contribution in [2.45, 2.75) is 37.8 Å². The van der Waals surface area contributed by atoms with Gasteiger partial charge in [0.15, 0.2) is 0 Å². The summed E-state index contributed by atoms with van der Waals surface area (Å²) in [7, 11) is 0. The molecule has 3 aliphatic heterocycles. The second kappa shape index (κ2) is 6.71. The minimum Gasteiger partial charge on any atom is -0.334 e. The monoisotopic (exact) mass is 365 g/mol. The summed E-state index contributed by atoms with van der Waals surface area (Å²) >= 11 is 0. The predicted octanol–water partition coefficient (Wildman–Crippen LogP) is 2.92. The molecule has 27 heavy (non-hydrogen) atoms. The van der Waals surface area contributed by atoms with Crippen LogP contribution in [0.2, 0.25) is 0 Å². The first-order valence-corrected chi connectivity index (χ1v) is 9.90. The van der Waals surface area contributed by atoms with E-state index in [0.29, 0.717) is 17.5 Å². The van der Waals surface area contributed by atoms with Crippen molar-refractivity contribution in [3.05, 3.63) is 65.2 Å². The molecule has 0 unspecified atom stereocenters. The molecule has 1 aliphatic carbocycles. The molecule has 1 aromatic carbocycles. The van der Waals surface area contributed by atoms with Gasteiger partial charge in [0.2, 0.25) is 0 Å². The van der Waals surface area contributed by atoms with Crippen LogP contribution in [-0.4, -0.2) is 52.4 Å². The van der Waals surface area contributed by atoms with Crippen LogP contribution < -0.4 is 0 Å². The first-order valence-electron chi connectivity index (χ1n) is 9.90. The topological polar surface area (TPSA) is 36.4 Å². The molecule has 5 heteroatoms. The van der Waals surface area contributed by atoms with Gasteiger partial charge in [-0.25, -0.2) is 4.39 Å². The number of piperidine rings is 1. The lowest BCUT2D eigenvalue weighted by molar-refractivity contribution is 0.0580. The lowest BCUT2D eigenvalue weighted by Gasteiger charge is -2.36. The first kappa shape index (κ1) is 16.9. The maximum Gasteiger partial charge on any atom is 0.255 e. The van der Waals surface area contributed by atoms with Gasteiger partial charge >= 0.3 is 0 Å². The van der Waals surface area contributed by atoms with Crippen molar-refractivity contribution in [3.8, 4) is 0 Å². The van der Waals surface area contributed by atoms with Crippen molar-refractivity contribution in [1.82, 2.24) is 14.8 Å². The van der Waals surface area contributed by atoms with Gasteiger partial charge in [-0.3, -0.25) is 14.7 Å². The van der Waals surface area contributed by atoms with Gasteiger partial charge in [0.1, 0.15) is 5.82 Å². The Morgan fingerprint density at radius 2 is 1.78 bits per heavy atom. The van der Waals surface area contributed by atoms with E-state index in [9.17, 15) is 9.18 Å². The highest BCUT2D eigenvalue weighted by Gasteiger charge is 2.40. The van der Waals surface area contributed by atoms with Crippen molar-refractivity contribution >= 4 is 5.91 Å². The molecule has 140 valence electrons. The number of amides is 1. The van der Waals surface area contributed by atoms with Gasteiger partial charge in [-0.2, -0.15) is 0 Å². The first-order chi connectivity index (χ1) is 13.2.